The molecule has 2 aromatic carbocycles. The summed E-state index contributed by atoms with van der Waals surface area (Å²) in [4.78, 5) is 11.9. The van der Waals surface area contributed by atoms with Crippen LogP contribution in [-0.4, -0.2) is 11.0 Å². The molecule has 2 rings (SSSR count). The van der Waals surface area contributed by atoms with E-state index in [1.165, 1.54) is 17.2 Å². The van der Waals surface area contributed by atoms with Gasteiger partial charge in [0.15, 0.2) is 0 Å². The zero-order chi connectivity index (χ0) is 16.8. The van der Waals surface area contributed by atoms with Crippen LogP contribution in [-0.2, 0) is 24.4 Å². The van der Waals surface area contributed by atoms with Gasteiger partial charge >= 0.3 is 0 Å². The zero-order valence-electron chi connectivity index (χ0n) is 13.5. The Bertz CT molecular complexity index is 678. The van der Waals surface area contributed by atoms with Gasteiger partial charge in [0.25, 0.3) is 0 Å². The Kier molecular flexibility index (Phi) is 5.88. The number of benzene rings is 2. The summed E-state index contributed by atoms with van der Waals surface area (Å²) in [5, 5.41) is 11.9. The van der Waals surface area contributed by atoms with Crippen LogP contribution >= 0.6 is 0 Å². The SMILES string of the molecule is Cc1cc(C)cc(CCC(=O)NCc2ccc(F)c(CO)c2)c1. The molecule has 1 amide bonds. The minimum Gasteiger partial charge on any atom is -0.392 e. The van der Waals surface area contributed by atoms with Gasteiger partial charge in [0, 0.05) is 18.5 Å². The molecule has 0 aromatic heterocycles. The fourth-order valence-electron chi connectivity index (χ4n) is 2.62. The van der Waals surface area contributed by atoms with Gasteiger partial charge in [-0.3, -0.25) is 4.79 Å². The van der Waals surface area contributed by atoms with E-state index >= 15 is 0 Å². The van der Waals surface area contributed by atoms with Crippen LogP contribution in [0.2, 0.25) is 0 Å². The fraction of sp³-hybridized carbons (Fsp3) is 0.316. The second kappa shape index (κ2) is 7.88. The Morgan fingerprint density at radius 2 is 1.78 bits per heavy atom. The van der Waals surface area contributed by atoms with Crippen LogP contribution in [0.15, 0.2) is 36.4 Å². The van der Waals surface area contributed by atoms with Crippen molar-refractivity contribution in [3.8, 4) is 0 Å². The van der Waals surface area contributed by atoms with Crippen molar-refractivity contribution in [1.82, 2.24) is 5.32 Å². The molecular formula is C19H22FNO2. The summed E-state index contributed by atoms with van der Waals surface area (Å²) in [6, 6.07) is 10.8. The first-order chi connectivity index (χ1) is 11.0. The molecule has 2 N–H and O–H groups in total. The molecule has 122 valence electrons. The molecule has 0 aliphatic carbocycles. The third-order valence-corrected chi connectivity index (χ3v) is 3.69. The highest BCUT2D eigenvalue weighted by Gasteiger charge is 2.06. The Morgan fingerprint density at radius 1 is 1.09 bits per heavy atom. The van der Waals surface area contributed by atoms with Crippen molar-refractivity contribution in [3.63, 3.8) is 0 Å². The van der Waals surface area contributed by atoms with Crippen molar-refractivity contribution >= 4 is 5.91 Å². The molecule has 0 atom stereocenters. The number of hydrogen-bond acceptors (Lipinski definition) is 2. The van der Waals surface area contributed by atoms with Crippen molar-refractivity contribution in [2.45, 2.75) is 39.8 Å². The predicted octanol–water partition coefficient (Wildman–Crippen LogP) is 3.18. The molecule has 0 bridgehead atoms. The third-order valence-electron chi connectivity index (χ3n) is 3.69. The van der Waals surface area contributed by atoms with E-state index in [2.05, 4.69) is 23.5 Å². The second-order valence-electron chi connectivity index (χ2n) is 5.86. The maximum atomic E-state index is 13.3. The first-order valence-corrected chi connectivity index (χ1v) is 7.70. The molecule has 23 heavy (non-hydrogen) atoms. The minimum atomic E-state index is -0.433. The van der Waals surface area contributed by atoms with E-state index in [-0.39, 0.29) is 18.1 Å². The van der Waals surface area contributed by atoms with Gasteiger partial charge in [-0.1, -0.05) is 35.4 Å². The van der Waals surface area contributed by atoms with Crippen LogP contribution in [0.3, 0.4) is 0 Å². The first kappa shape index (κ1) is 17.2. The molecule has 0 saturated heterocycles. The molecule has 0 aliphatic heterocycles. The van der Waals surface area contributed by atoms with Gasteiger partial charge in [-0.15, -0.1) is 0 Å². The molecule has 0 saturated carbocycles. The summed E-state index contributed by atoms with van der Waals surface area (Å²) in [5.74, 6) is -0.476. The van der Waals surface area contributed by atoms with Gasteiger partial charge in [-0.05, 0) is 43.5 Å². The maximum Gasteiger partial charge on any atom is 0.220 e. The number of carbonyl (C=O) groups excluding carboxylic acids is 1. The Balaban J connectivity index is 1.85. The number of rotatable bonds is 6. The Hall–Kier alpha value is -2.20. The Morgan fingerprint density at radius 3 is 2.43 bits per heavy atom. The van der Waals surface area contributed by atoms with Crippen molar-refractivity contribution < 1.29 is 14.3 Å². The second-order valence-corrected chi connectivity index (χ2v) is 5.86. The number of aliphatic hydroxyl groups excluding tert-OH is 1. The van der Waals surface area contributed by atoms with Crippen LogP contribution in [0, 0.1) is 19.7 Å². The predicted molar refractivity (Wildman–Crippen MR) is 88.4 cm³/mol. The van der Waals surface area contributed by atoms with E-state index in [1.54, 1.807) is 12.1 Å². The van der Waals surface area contributed by atoms with Gasteiger partial charge in [-0.25, -0.2) is 4.39 Å². The molecular weight excluding hydrogens is 293 g/mol. The summed E-state index contributed by atoms with van der Waals surface area (Å²) >= 11 is 0. The minimum absolute atomic E-state index is 0.0426. The number of aryl methyl sites for hydroxylation is 3. The zero-order valence-corrected chi connectivity index (χ0v) is 13.5. The molecule has 0 unspecified atom stereocenters. The average Bonchev–Trinajstić information content (AvgIpc) is 2.51. The highest BCUT2D eigenvalue weighted by Crippen LogP contribution is 2.12. The van der Waals surface area contributed by atoms with E-state index in [0.717, 1.165) is 11.1 Å². The summed E-state index contributed by atoms with van der Waals surface area (Å²) in [5.41, 5.74) is 4.57. The van der Waals surface area contributed by atoms with E-state index in [4.69, 9.17) is 5.11 Å². The summed E-state index contributed by atoms with van der Waals surface area (Å²) in [6.07, 6.45) is 1.11. The molecule has 2 aromatic rings. The number of amides is 1. The monoisotopic (exact) mass is 315 g/mol. The van der Waals surface area contributed by atoms with Crippen molar-refractivity contribution in [1.29, 1.82) is 0 Å². The largest absolute Gasteiger partial charge is 0.392 e. The molecule has 0 fully saturated rings. The average molecular weight is 315 g/mol. The standard InChI is InChI=1S/C19H22FNO2/c1-13-7-14(2)9-15(8-13)4-6-19(23)21-11-16-3-5-18(20)17(10-16)12-22/h3,5,7-10,22H,4,6,11-12H2,1-2H3,(H,21,23). The number of carbonyl (C=O) groups is 1. The summed E-state index contributed by atoms with van der Waals surface area (Å²) in [7, 11) is 0. The van der Waals surface area contributed by atoms with Crippen molar-refractivity contribution in [2.75, 3.05) is 0 Å². The Labute approximate surface area is 136 Å². The van der Waals surface area contributed by atoms with E-state index in [9.17, 15) is 9.18 Å². The first-order valence-electron chi connectivity index (χ1n) is 7.70. The molecule has 4 heteroatoms. The lowest BCUT2D eigenvalue weighted by Gasteiger charge is -2.08. The van der Waals surface area contributed by atoms with Crippen molar-refractivity contribution in [3.05, 3.63) is 70.0 Å². The van der Waals surface area contributed by atoms with E-state index in [1.807, 2.05) is 13.8 Å². The smallest absolute Gasteiger partial charge is 0.220 e. The lowest BCUT2D eigenvalue weighted by Crippen LogP contribution is -2.23. The molecule has 0 heterocycles. The topological polar surface area (TPSA) is 49.3 Å². The third kappa shape index (κ3) is 5.18. The van der Waals surface area contributed by atoms with Crippen LogP contribution in [0.4, 0.5) is 4.39 Å². The van der Waals surface area contributed by atoms with Crippen LogP contribution < -0.4 is 5.32 Å². The summed E-state index contributed by atoms with van der Waals surface area (Å²) < 4.78 is 13.3. The molecule has 3 nitrogen and oxygen atoms in total. The van der Waals surface area contributed by atoms with E-state index in [0.29, 0.717) is 19.4 Å². The normalized spacial score (nSPS) is 10.6. The fourth-order valence-corrected chi connectivity index (χ4v) is 2.62. The number of halogens is 1. The summed E-state index contributed by atoms with van der Waals surface area (Å²) in [6.45, 7) is 4.08. The van der Waals surface area contributed by atoms with Gasteiger partial charge < -0.3 is 10.4 Å². The van der Waals surface area contributed by atoms with E-state index < -0.39 is 5.82 Å². The van der Waals surface area contributed by atoms with Gasteiger partial charge in [0.1, 0.15) is 5.82 Å². The van der Waals surface area contributed by atoms with Crippen LogP contribution in [0.5, 0.6) is 0 Å². The van der Waals surface area contributed by atoms with Gasteiger partial charge in [0.2, 0.25) is 5.91 Å². The van der Waals surface area contributed by atoms with Crippen molar-refractivity contribution in [2.24, 2.45) is 0 Å². The highest BCUT2D eigenvalue weighted by atomic mass is 19.1. The van der Waals surface area contributed by atoms with Crippen LogP contribution in [0.1, 0.15) is 34.2 Å². The quantitative estimate of drug-likeness (QED) is 0.860. The highest BCUT2D eigenvalue weighted by molar-refractivity contribution is 5.76. The number of hydrogen-bond donors (Lipinski definition) is 2. The number of nitrogens with one attached hydrogen (secondary N) is 1. The molecule has 0 radical (unpaired) electrons. The van der Waals surface area contributed by atoms with Gasteiger partial charge in [0.05, 0.1) is 6.61 Å². The maximum absolute atomic E-state index is 13.3. The van der Waals surface area contributed by atoms with Gasteiger partial charge in [-0.2, -0.15) is 0 Å². The lowest BCUT2D eigenvalue weighted by atomic mass is 10.0. The molecule has 0 spiro atoms. The number of aliphatic hydroxyl groups is 1. The van der Waals surface area contributed by atoms with Crippen LogP contribution in [0.25, 0.3) is 0 Å². The lowest BCUT2D eigenvalue weighted by molar-refractivity contribution is -0.121. The molecule has 0 aliphatic rings.